The smallest absolute Gasteiger partial charge is 0.323 e. The van der Waals surface area contributed by atoms with Crippen LogP contribution in [0.2, 0.25) is 0 Å². The minimum Gasteiger partial charge on any atom is -0.323 e. The van der Waals surface area contributed by atoms with Crippen molar-refractivity contribution in [2.45, 2.75) is 37.7 Å². The second-order valence-electron chi connectivity index (χ2n) is 4.75. The number of amides is 1. The maximum absolute atomic E-state index is 12.2. The summed E-state index contributed by atoms with van der Waals surface area (Å²) in [7, 11) is 0. The Morgan fingerprint density at radius 3 is 2.43 bits per heavy atom. The molecule has 0 radical (unpaired) electrons. The zero-order valence-electron chi connectivity index (χ0n) is 12.8. The third kappa shape index (κ3) is 3.44. The third-order valence-electron chi connectivity index (χ3n) is 3.30. The molecule has 5 nitrogen and oxygen atoms in total. The molecule has 0 aliphatic rings. The summed E-state index contributed by atoms with van der Waals surface area (Å²) in [6.07, 6.45) is 1.48. The minimum atomic E-state index is -0.138. The van der Waals surface area contributed by atoms with Crippen molar-refractivity contribution in [1.82, 2.24) is 19.7 Å². The molecule has 1 amide bonds. The average Bonchev–Trinajstić information content (AvgIpc) is 2.93. The van der Waals surface area contributed by atoms with Gasteiger partial charge in [-0.25, -0.2) is 9.78 Å². The van der Waals surface area contributed by atoms with Crippen LogP contribution in [-0.2, 0) is 0 Å². The summed E-state index contributed by atoms with van der Waals surface area (Å²) in [6.45, 7) is 9.35. The fourth-order valence-electron chi connectivity index (χ4n) is 2.08. The molecule has 0 atom stereocenters. The second-order valence-corrected chi connectivity index (χ2v) is 5.73. The number of nitrogens with zero attached hydrogens (tertiary/aromatic N) is 4. The van der Waals surface area contributed by atoms with Crippen LogP contribution in [0.3, 0.4) is 0 Å². The third-order valence-corrected chi connectivity index (χ3v) is 4.52. The number of aryl methyl sites for hydroxylation is 2. The maximum atomic E-state index is 12.2. The zero-order valence-corrected chi connectivity index (χ0v) is 13.6. The van der Waals surface area contributed by atoms with Crippen LogP contribution in [0.1, 0.15) is 25.0 Å². The van der Waals surface area contributed by atoms with E-state index in [1.165, 1.54) is 33.9 Å². The second kappa shape index (κ2) is 6.76. The highest BCUT2D eigenvalue weighted by molar-refractivity contribution is 7.99. The van der Waals surface area contributed by atoms with E-state index in [1.807, 2.05) is 19.9 Å². The minimum absolute atomic E-state index is 0.138. The van der Waals surface area contributed by atoms with Gasteiger partial charge < -0.3 is 4.90 Å². The van der Waals surface area contributed by atoms with Crippen LogP contribution in [0, 0.1) is 13.8 Å². The van der Waals surface area contributed by atoms with Gasteiger partial charge in [0.2, 0.25) is 5.16 Å². The molecule has 0 fully saturated rings. The predicted octanol–water partition coefficient (Wildman–Crippen LogP) is 3.36. The summed E-state index contributed by atoms with van der Waals surface area (Å²) in [4.78, 5) is 19.3. The summed E-state index contributed by atoms with van der Waals surface area (Å²) in [5.74, 6) is 0. The van der Waals surface area contributed by atoms with Gasteiger partial charge in [0.25, 0.3) is 0 Å². The number of aromatic nitrogens is 3. The number of rotatable bonds is 4. The first-order valence-electron chi connectivity index (χ1n) is 7.01. The van der Waals surface area contributed by atoms with E-state index in [2.05, 4.69) is 36.1 Å². The van der Waals surface area contributed by atoms with Crippen LogP contribution in [0.25, 0.3) is 0 Å². The van der Waals surface area contributed by atoms with Gasteiger partial charge in [0, 0.05) is 18.0 Å². The molecule has 21 heavy (non-hydrogen) atoms. The SMILES string of the molecule is CCN(CC)C(=O)n1cnc(Sc2c(C)cccc2C)n1. The van der Waals surface area contributed by atoms with Crippen LogP contribution in [0.15, 0.2) is 34.6 Å². The number of carbonyl (C=O) groups excluding carboxylic acids is 1. The lowest BCUT2D eigenvalue weighted by molar-refractivity contribution is 0.201. The molecular weight excluding hydrogens is 284 g/mol. The molecule has 0 unspecified atom stereocenters. The molecule has 0 spiro atoms. The molecule has 0 aliphatic carbocycles. The molecule has 1 heterocycles. The Labute approximate surface area is 129 Å². The molecule has 1 aromatic heterocycles. The van der Waals surface area contributed by atoms with E-state index in [0.29, 0.717) is 18.2 Å². The van der Waals surface area contributed by atoms with Crippen molar-refractivity contribution in [2.24, 2.45) is 0 Å². The Balaban J connectivity index is 2.19. The van der Waals surface area contributed by atoms with E-state index < -0.39 is 0 Å². The number of hydrogen-bond acceptors (Lipinski definition) is 4. The highest BCUT2D eigenvalue weighted by Gasteiger charge is 2.15. The highest BCUT2D eigenvalue weighted by atomic mass is 32.2. The molecule has 0 aliphatic heterocycles. The predicted molar refractivity (Wildman–Crippen MR) is 83.8 cm³/mol. The van der Waals surface area contributed by atoms with Gasteiger partial charge in [-0.05, 0) is 50.6 Å². The first-order valence-corrected chi connectivity index (χ1v) is 7.83. The topological polar surface area (TPSA) is 51.0 Å². The standard InChI is InChI=1S/C15H20N4OS/c1-5-18(6-2)15(20)19-10-16-14(17-19)21-13-11(3)8-7-9-12(13)4/h7-10H,5-6H2,1-4H3. The van der Waals surface area contributed by atoms with E-state index in [9.17, 15) is 4.79 Å². The molecule has 0 saturated heterocycles. The van der Waals surface area contributed by atoms with Gasteiger partial charge in [0.15, 0.2) is 0 Å². The molecule has 112 valence electrons. The van der Waals surface area contributed by atoms with Crippen molar-refractivity contribution < 1.29 is 4.79 Å². The van der Waals surface area contributed by atoms with Crippen LogP contribution >= 0.6 is 11.8 Å². The van der Waals surface area contributed by atoms with Crippen molar-refractivity contribution in [3.05, 3.63) is 35.7 Å². The van der Waals surface area contributed by atoms with E-state index in [4.69, 9.17) is 0 Å². The van der Waals surface area contributed by atoms with Gasteiger partial charge in [0.1, 0.15) is 6.33 Å². The Hall–Kier alpha value is -1.82. The van der Waals surface area contributed by atoms with E-state index in [1.54, 1.807) is 4.90 Å². The summed E-state index contributed by atoms with van der Waals surface area (Å²) >= 11 is 1.49. The molecular formula is C15H20N4OS. The Morgan fingerprint density at radius 1 is 1.24 bits per heavy atom. The molecule has 2 rings (SSSR count). The lowest BCUT2D eigenvalue weighted by Crippen LogP contribution is -2.34. The van der Waals surface area contributed by atoms with Crippen molar-refractivity contribution in [1.29, 1.82) is 0 Å². The fraction of sp³-hybridized carbons (Fsp3) is 0.400. The molecule has 2 aromatic rings. The van der Waals surface area contributed by atoms with Crippen LogP contribution in [0.4, 0.5) is 4.79 Å². The van der Waals surface area contributed by atoms with Gasteiger partial charge in [-0.1, -0.05) is 18.2 Å². The van der Waals surface area contributed by atoms with Gasteiger partial charge in [0.05, 0.1) is 0 Å². The molecule has 1 aromatic carbocycles. The highest BCUT2D eigenvalue weighted by Crippen LogP contribution is 2.30. The molecule has 0 N–H and O–H groups in total. The Bertz CT molecular complexity index is 614. The molecule has 6 heteroatoms. The summed E-state index contributed by atoms with van der Waals surface area (Å²) in [5, 5.41) is 4.87. The number of carbonyl (C=O) groups is 1. The zero-order chi connectivity index (χ0) is 15.4. The lowest BCUT2D eigenvalue weighted by atomic mass is 10.2. The quantitative estimate of drug-likeness (QED) is 0.869. The van der Waals surface area contributed by atoms with E-state index >= 15 is 0 Å². The first-order chi connectivity index (χ1) is 10.1. The van der Waals surface area contributed by atoms with Crippen molar-refractivity contribution in [3.63, 3.8) is 0 Å². The summed E-state index contributed by atoms with van der Waals surface area (Å²) in [6, 6.07) is 6.02. The van der Waals surface area contributed by atoms with Gasteiger partial charge >= 0.3 is 6.03 Å². The monoisotopic (exact) mass is 304 g/mol. The fourth-order valence-corrected chi connectivity index (χ4v) is 2.95. The number of hydrogen-bond donors (Lipinski definition) is 0. The van der Waals surface area contributed by atoms with E-state index in [-0.39, 0.29) is 6.03 Å². The van der Waals surface area contributed by atoms with Crippen molar-refractivity contribution >= 4 is 17.8 Å². The Morgan fingerprint density at radius 2 is 1.86 bits per heavy atom. The van der Waals surface area contributed by atoms with Gasteiger partial charge in [-0.3, -0.25) is 0 Å². The first kappa shape index (κ1) is 15.6. The molecule has 0 bridgehead atoms. The normalized spacial score (nSPS) is 10.7. The van der Waals surface area contributed by atoms with E-state index in [0.717, 1.165) is 4.90 Å². The Kier molecular flexibility index (Phi) is 5.01. The van der Waals surface area contributed by atoms with Crippen molar-refractivity contribution in [2.75, 3.05) is 13.1 Å². The van der Waals surface area contributed by atoms with Crippen LogP contribution < -0.4 is 0 Å². The number of benzene rings is 1. The van der Waals surface area contributed by atoms with Gasteiger partial charge in [-0.2, -0.15) is 4.68 Å². The van der Waals surface area contributed by atoms with Crippen LogP contribution in [0.5, 0.6) is 0 Å². The van der Waals surface area contributed by atoms with Gasteiger partial charge in [-0.15, -0.1) is 5.10 Å². The van der Waals surface area contributed by atoms with Crippen molar-refractivity contribution in [3.8, 4) is 0 Å². The summed E-state index contributed by atoms with van der Waals surface area (Å²) < 4.78 is 1.31. The molecule has 0 saturated carbocycles. The average molecular weight is 304 g/mol. The lowest BCUT2D eigenvalue weighted by Gasteiger charge is -2.17. The maximum Gasteiger partial charge on any atom is 0.346 e. The summed E-state index contributed by atoms with van der Waals surface area (Å²) in [5.41, 5.74) is 2.37. The van der Waals surface area contributed by atoms with Crippen LogP contribution in [-0.4, -0.2) is 38.8 Å². The largest absolute Gasteiger partial charge is 0.346 e.